The fourth-order valence-electron chi connectivity index (χ4n) is 1.20. The first-order valence-electron chi connectivity index (χ1n) is 5.18. The second kappa shape index (κ2) is 6.67. The van der Waals surface area contributed by atoms with Crippen LogP contribution in [0.5, 0.6) is 0 Å². The van der Waals surface area contributed by atoms with Gasteiger partial charge in [0, 0.05) is 0 Å². The van der Waals surface area contributed by atoms with Crippen molar-refractivity contribution in [3.63, 3.8) is 0 Å². The average Bonchev–Trinajstić information content (AvgIpc) is 2.35. The molecule has 1 rings (SSSR count). The maximum atomic E-state index is 9.45. The Bertz CT molecular complexity index is 454. The van der Waals surface area contributed by atoms with Crippen LogP contribution in [0, 0.1) is 12.3 Å². The van der Waals surface area contributed by atoms with Gasteiger partial charge in [-0.1, -0.05) is 0 Å². The van der Waals surface area contributed by atoms with Gasteiger partial charge < -0.3 is 0 Å². The molecule has 88 valence electrons. The third-order valence-electron chi connectivity index (χ3n) is 2.27. The number of hydrogen-bond donors (Lipinski definition) is 1. The van der Waals surface area contributed by atoms with Crippen LogP contribution in [0.25, 0.3) is 6.08 Å². The van der Waals surface area contributed by atoms with E-state index in [2.05, 4.69) is 16.9 Å². The number of aliphatic hydroxyl groups excluding tert-OH is 1. The van der Waals surface area contributed by atoms with Crippen LogP contribution in [0.15, 0.2) is 30.3 Å². The molecule has 0 saturated carbocycles. The van der Waals surface area contributed by atoms with Gasteiger partial charge in [0.15, 0.2) is 0 Å². The molecular weight excluding hydrogens is 382 g/mol. The summed E-state index contributed by atoms with van der Waals surface area (Å²) in [5.41, 5.74) is 1.85. The van der Waals surface area contributed by atoms with Gasteiger partial charge in [-0.2, -0.15) is 0 Å². The van der Waals surface area contributed by atoms with Crippen LogP contribution in [0.4, 0.5) is 0 Å². The number of benzene rings is 1. The quantitative estimate of drug-likeness (QED) is 0.781. The van der Waals surface area contributed by atoms with Crippen molar-refractivity contribution >= 4 is 10.1 Å². The fraction of sp³-hybridized carbons (Fsp3) is 0.214. The van der Waals surface area contributed by atoms with Gasteiger partial charge in [-0.05, 0) is 0 Å². The SMILES string of the molecule is C#CC(O)c1ccc(/C=C/[C](=[W])N(C)C)cc1. The Kier molecular flexibility index (Phi) is 5.51. The molecule has 1 aromatic rings. The van der Waals surface area contributed by atoms with Gasteiger partial charge in [-0.25, -0.2) is 0 Å². The predicted octanol–water partition coefficient (Wildman–Crippen LogP) is 1.60. The standard InChI is InChI=1S/C14H15NO.W/c1-4-14(16)13-9-7-12(8-10-13)6-5-11-15(2)3;/h1,5-10,14,16H,2-3H3;/b6-5+;. The van der Waals surface area contributed by atoms with Crippen LogP contribution in [0.1, 0.15) is 17.2 Å². The third-order valence-corrected chi connectivity index (χ3v) is 4.07. The molecule has 17 heavy (non-hydrogen) atoms. The molecule has 1 atom stereocenters. The Morgan fingerprint density at radius 2 is 2.00 bits per heavy atom. The van der Waals surface area contributed by atoms with Gasteiger partial charge in [0.05, 0.1) is 0 Å². The minimum atomic E-state index is -0.812. The van der Waals surface area contributed by atoms with E-state index in [0.717, 1.165) is 11.1 Å². The van der Waals surface area contributed by atoms with Gasteiger partial charge in [0.25, 0.3) is 0 Å². The van der Waals surface area contributed by atoms with E-state index in [1.54, 1.807) is 0 Å². The Morgan fingerprint density at radius 3 is 2.47 bits per heavy atom. The molecule has 1 N–H and O–H groups in total. The topological polar surface area (TPSA) is 23.5 Å². The maximum absolute atomic E-state index is 9.45. The van der Waals surface area contributed by atoms with Crippen molar-refractivity contribution in [3.05, 3.63) is 41.5 Å². The van der Waals surface area contributed by atoms with E-state index in [4.69, 9.17) is 6.42 Å². The molecule has 0 bridgehead atoms. The van der Waals surface area contributed by atoms with Gasteiger partial charge in [0.2, 0.25) is 0 Å². The summed E-state index contributed by atoms with van der Waals surface area (Å²) in [4.78, 5) is 2.09. The van der Waals surface area contributed by atoms with Gasteiger partial charge >= 0.3 is 113 Å². The molecule has 0 fully saturated rings. The average molecular weight is 397 g/mol. The summed E-state index contributed by atoms with van der Waals surface area (Å²) in [6, 6.07) is 7.60. The summed E-state index contributed by atoms with van der Waals surface area (Å²) in [6.45, 7) is 0. The number of likely N-dealkylation sites (N-methyl/N-ethyl adjacent to an activating group) is 1. The molecular formula is C14H15NOW. The molecule has 2 nitrogen and oxygen atoms in total. The van der Waals surface area contributed by atoms with E-state index >= 15 is 0 Å². The second-order valence-electron chi connectivity index (χ2n) is 3.80. The second-order valence-corrected chi connectivity index (χ2v) is 5.30. The first kappa shape index (κ1) is 14.1. The summed E-state index contributed by atoms with van der Waals surface area (Å²) < 4.78 is 1.26. The Morgan fingerprint density at radius 1 is 1.41 bits per heavy atom. The summed E-state index contributed by atoms with van der Waals surface area (Å²) in [5, 5.41) is 9.45. The van der Waals surface area contributed by atoms with E-state index in [-0.39, 0.29) is 0 Å². The number of terminal acetylenes is 1. The summed E-state index contributed by atoms with van der Waals surface area (Å²) >= 11 is 1.43. The molecule has 0 saturated heterocycles. The predicted molar refractivity (Wildman–Crippen MR) is 68.0 cm³/mol. The van der Waals surface area contributed by atoms with Crippen molar-refractivity contribution in [2.24, 2.45) is 0 Å². The third kappa shape index (κ3) is 4.40. The van der Waals surface area contributed by atoms with Crippen LogP contribution in [-0.2, 0) is 19.4 Å². The van der Waals surface area contributed by atoms with Crippen molar-refractivity contribution in [3.8, 4) is 12.3 Å². The van der Waals surface area contributed by atoms with Crippen molar-refractivity contribution in [2.45, 2.75) is 6.10 Å². The molecule has 0 aliphatic heterocycles. The van der Waals surface area contributed by atoms with Crippen LogP contribution in [0.3, 0.4) is 0 Å². The van der Waals surface area contributed by atoms with Crippen molar-refractivity contribution < 1.29 is 24.5 Å². The van der Waals surface area contributed by atoms with Gasteiger partial charge in [-0.15, -0.1) is 0 Å². The van der Waals surface area contributed by atoms with Crippen LogP contribution in [0.2, 0.25) is 0 Å². The first-order valence-corrected chi connectivity index (χ1v) is 6.65. The summed E-state index contributed by atoms with van der Waals surface area (Å²) in [5.74, 6) is 2.30. The summed E-state index contributed by atoms with van der Waals surface area (Å²) in [6.07, 6.45) is 8.48. The first-order chi connectivity index (χ1) is 8.04. The zero-order valence-corrected chi connectivity index (χ0v) is 12.9. The molecule has 0 aromatic heterocycles. The summed E-state index contributed by atoms with van der Waals surface area (Å²) in [7, 11) is 4.05. The Labute approximate surface area is 113 Å². The molecule has 0 aliphatic rings. The Balaban J connectivity index is 2.76. The van der Waals surface area contributed by atoms with Gasteiger partial charge in [0.1, 0.15) is 0 Å². The van der Waals surface area contributed by atoms with E-state index in [9.17, 15) is 5.11 Å². The van der Waals surface area contributed by atoms with Crippen molar-refractivity contribution in [1.29, 1.82) is 0 Å². The van der Waals surface area contributed by atoms with E-state index in [0.29, 0.717) is 0 Å². The van der Waals surface area contributed by atoms with Crippen LogP contribution >= 0.6 is 0 Å². The molecule has 0 amide bonds. The zero-order valence-electron chi connectivity index (χ0n) is 9.92. The Hall–Kier alpha value is -1.00. The molecule has 1 aromatic carbocycles. The molecule has 0 heterocycles. The normalized spacial score (nSPS) is 12.6. The monoisotopic (exact) mass is 397 g/mol. The zero-order chi connectivity index (χ0) is 12.8. The molecule has 0 spiro atoms. The van der Waals surface area contributed by atoms with Crippen LogP contribution in [-0.4, -0.2) is 28.1 Å². The van der Waals surface area contributed by atoms with E-state index in [1.807, 2.05) is 44.4 Å². The van der Waals surface area contributed by atoms with Crippen molar-refractivity contribution in [2.75, 3.05) is 14.1 Å². The number of rotatable bonds is 4. The minimum absolute atomic E-state index is 0.753. The van der Waals surface area contributed by atoms with E-state index < -0.39 is 6.10 Å². The van der Waals surface area contributed by atoms with Gasteiger partial charge in [-0.3, -0.25) is 0 Å². The number of aliphatic hydroxyl groups is 1. The molecule has 0 radical (unpaired) electrons. The van der Waals surface area contributed by atoms with E-state index in [1.165, 1.54) is 23.4 Å². The molecule has 3 heteroatoms. The van der Waals surface area contributed by atoms with Crippen molar-refractivity contribution in [1.82, 2.24) is 4.90 Å². The molecule has 0 aliphatic carbocycles. The number of nitrogens with zero attached hydrogens (tertiary/aromatic N) is 1. The van der Waals surface area contributed by atoms with Crippen LogP contribution < -0.4 is 0 Å². The fourth-order valence-corrected chi connectivity index (χ4v) is 1.45. The molecule has 1 unspecified atom stereocenters. The number of hydrogen-bond acceptors (Lipinski definition) is 2.